The van der Waals surface area contributed by atoms with Gasteiger partial charge in [0, 0.05) is 31.1 Å². The van der Waals surface area contributed by atoms with Gasteiger partial charge >= 0.3 is 0 Å². The number of rotatable bonds is 2. The average Bonchev–Trinajstić information content (AvgIpc) is 2.89. The minimum atomic E-state index is 0.0748. The van der Waals surface area contributed by atoms with Gasteiger partial charge in [-0.15, -0.1) is 0 Å². The van der Waals surface area contributed by atoms with E-state index < -0.39 is 0 Å². The lowest BCUT2D eigenvalue weighted by molar-refractivity contribution is -0.135. The zero-order valence-corrected chi connectivity index (χ0v) is 11.0. The molecule has 2 rings (SSSR count). The van der Waals surface area contributed by atoms with Crippen molar-refractivity contribution < 1.29 is 4.79 Å². The molecule has 2 unspecified atom stereocenters. The van der Waals surface area contributed by atoms with Crippen molar-refractivity contribution in [2.24, 2.45) is 11.3 Å². The summed E-state index contributed by atoms with van der Waals surface area (Å²) in [7, 11) is 0. The van der Waals surface area contributed by atoms with Crippen LogP contribution in [0.1, 0.15) is 40.5 Å². The van der Waals surface area contributed by atoms with Crippen LogP contribution >= 0.6 is 0 Å². The molecule has 1 amide bonds. The van der Waals surface area contributed by atoms with Crippen molar-refractivity contribution in [2.45, 2.75) is 46.1 Å². The SMILES string of the molecule is CCC1(C)CC1C(=O)N1CCNC(C)(C)C1. The standard InChI is InChI=1S/C13H24N2O/c1-5-13(4)8-10(13)11(16)15-7-6-14-12(2,3)9-15/h10,14H,5-9H2,1-4H3. The molecule has 2 fully saturated rings. The van der Waals surface area contributed by atoms with Crippen LogP contribution in [0.15, 0.2) is 0 Å². The molecule has 0 radical (unpaired) electrons. The van der Waals surface area contributed by atoms with Gasteiger partial charge in [-0.1, -0.05) is 13.8 Å². The highest BCUT2D eigenvalue weighted by Crippen LogP contribution is 2.55. The lowest BCUT2D eigenvalue weighted by Crippen LogP contribution is -2.58. The number of carbonyl (C=O) groups excluding carboxylic acids is 1. The van der Waals surface area contributed by atoms with Crippen LogP contribution in [0, 0.1) is 11.3 Å². The summed E-state index contributed by atoms with van der Waals surface area (Å²) in [5, 5.41) is 3.44. The predicted molar refractivity (Wildman–Crippen MR) is 65.2 cm³/mol. The highest BCUT2D eigenvalue weighted by molar-refractivity contribution is 5.82. The van der Waals surface area contributed by atoms with E-state index in [1.54, 1.807) is 0 Å². The van der Waals surface area contributed by atoms with Crippen molar-refractivity contribution >= 4 is 5.91 Å². The molecule has 1 heterocycles. The second-order valence-electron chi connectivity index (χ2n) is 6.33. The molecule has 0 spiro atoms. The maximum Gasteiger partial charge on any atom is 0.226 e. The Kier molecular flexibility index (Phi) is 2.77. The van der Waals surface area contributed by atoms with Gasteiger partial charge in [0.25, 0.3) is 0 Å². The summed E-state index contributed by atoms with van der Waals surface area (Å²) < 4.78 is 0. The molecule has 3 heteroatoms. The minimum Gasteiger partial charge on any atom is -0.339 e. The first-order chi connectivity index (χ1) is 7.38. The van der Waals surface area contributed by atoms with Gasteiger partial charge in [-0.2, -0.15) is 0 Å². The number of carbonyl (C=O) groups is 1. The Morgan fingerprint density at radius 3 is 2.62 bits per heavy atom. The van der Waals surface area contributed by atoms with E-state index in [0.29, 0.717) is 17.2 Å². The molecule has 1 N–H and O–H groups in total. The van der Waals surface area contributed by atoms with Gasteiger partial charge in [0.2, 0.25) is 5.91 Å². The number of nitrogens with one attached hydrogen (secondary N) is 1. The Bertz CT molecular complexity index is 300. The molecule has 0 aromatic rings. The van der Waals surface area contributed by atoms with Gasteiger partial charge < -0.3 is 10.2 Å². The second kappa shape index (κ2) is 3.73. The molecule has 2 atom stereocenters. The molecular weight excluding hydrogens is 200 g/mol. The second-order valence-corrected chi connectivity index (χ2v) is 6.33. The summed E-state index contributed by atoms with van der Waals surface area (Å²) in [6, 6.07) is 0. The fraction of sp³-hybridized carbons (Fsp3) is 0.923. The third-order valence-corrected chi connectivity index (χ3v) is 4.34. The van der Waals surface area contributed by atoms with Gasteiger partial charge in [-0.25, -0.2) is 0 Å². The van der Waals surface area contributed by atoms with Crippen LogP contribution in [0.3, 0.4) is 0 Å². The fourth-order valence-electron chi connectivity index (χ4n) is 2.73. The van der Waals surface area contributed by atoms with Gasteiger partial charge in [-0.05, 0) is 32.1 Å². The van der Waals surface area contributed by atoms with E-state index in [4.69, 9.17) is 0 Å². The van der Waals surface area contributed by atoms with E-state index >= 15 is 0 Å². The molecular formula is C13H24N2O. The zero-order chi connectivity index (χ0) is 12.0. The monoisotopic (exact) mass is 224 g/mol. The van der Waals surface area contributed by atoms with Crippen LogP contribution in [0.25, 0.3) is 0 Å². The predicted octanol–water partition coefficient (Wildman–Crippen LogP) is 1.63. The van der Waals surface area contributed by atoms with Crippen LogP contribution in [0.2, 0.25) is 0 Å². The Balaban J connectivity index is 1.96. The lowest BCUT2D eigenvalue weighted by Gasteiger charge is -2.39. The Labute approximate surface area is 98.6 Å². The Morgan fingerprint density at radius 2 is 2.12 bits per heavy atom. The fourth-order valence-corrected chi connectivity index (χ4v) is 2.73. The van der Waals surface area contributed by atoms with Crippen LogP contribution in [0.4, 0.5) is 0 Å². The van der Waals surface area contributed by atoms with Gasteiger partial charge in [0.15, 0.2) is 0 Å². The molecule has 1 saturated carbocycles. The molecule has 3 nitrogen and oxygen atoms in total. The smallest absolute Gasteiger partial charge is 0.226 e. The topological polar surface area (TPSA) is 32.3 Å². The average molecular weight is 224 g/mol. The van der Waals surface area contributed by atoms with Crippen LogP contribution in [-0.4, -0.2) is 36.0 Å². The maximum absolute atomic E-state index is 12.3. The van der Waals surface area contributed by atoms with Crippen LogP contribution < -0.4 is 5.32 Å². The summed E-state index contributed by atoms with van der Waals surface area (Å²) in [5.74, 6) is 0.685. The molecule has 1 aliphatic heterocycles. The highest BCUT2D eigenvalue weighted by Gasteiger charge is 2.54. The van der Waals surface area contributed by atoms with E-state index in [-0.39, 0.29) is 5.54 Å². The number of hydrogen-bond acceptors (Lipinski definition) is 2. The number of piperazine rings is 1. The molecule has 2 aliphatic rings. The van der Waals surface area contributed by atoms with Gasteiger partial charge in [-0.3, -0.25) is 4.79 Å². The summed E-state index contributed by atoms with van der Waals surface area (Å²) >= 11 is 0. The molecule has 92 valence electrons. The molecule has 0 bridgehead atoms. The van der Waals surface area contributed by atoms with E-state index in [1.165, 1.54) is 0 Å². The number of hydrogen-bond donors (Lipinski definition) is 1. The Hall–Kier alpha value is -0.570. The van der Waals surface area contributed by atoms with Crippen LogP contribution in [0.5, 0.6) is 0 Å². The van der Waals surface area contributed by atoms with Crippen molar-refractivity contribution in [1.29, 1.82) is 0 Å². The number of amides is 1. The first-order valence-electron chi connectivity index (χ1n) is 6.42. The van der Waals surface area contributed by atoms with Gasteiger partial charge in [0.1, 0.15) is 0 Å². The van der Waals surface area contributed by atoms with Crippen molar-refractivity contribution in [3.63, 3.8) is 0 Å². The largest absolute Gasteiger partial charge is 0.339 e. The summed E-state index contributed by atoms with van der Waals surface area (Å²) in [6.45, 7) is 11.4. The van der Waals surface area contributed by atoms with Gasteiger partial charge in [0.05, 0.1) is 0 Å². The van der Waals surface area contributed by atoms with E-state index in [1.807, 2.05) is 0 Å². The third-order valence-electron chi connectivity index (χ3n) is 4.34. The normalized spacial score (nSPS) is 37.2. The summed E-state index contributed by atoms with van der Waals surface area (Å²) in [5.41, 5.74) is 0.373. The quantitative estimate of drug-likeness (QED) is 0.773. The Morgan fingerprint density at radius 1 is 1.44 bits per heavy atom. The molecule has 1 aliphatic carbocycles. The molecule has 0 aromatic carbocycles. The first-order valence-corrected chi connectivity index (χ1v) is 6.42. The van der Waals surface area contributed by atoms with E-state index in [0.717, 1.165) is 32.5 Å². The maximum atomic E-state index is 12.3. The zero-order valence-electron chi connectivity index (χ0n) is 11.0. The highest BCUT2D eigenvalue weighted by atomic mass is 16.2. The third kappa shape index (κ3) is 2.10. The van der Waals surface area contributed by atoms with E-state index in [2.05, 4.69) is 37.9 Å². The number of nitrogens with zero attached hydrogens (tertiary/aromatic N) is 1. The van der Waals surface area contributed by atoms with E-state index in [9.17, 15) is 4.79 Å². The molecule has 1 saturated heterocycles. The molecule has 0 aromatic heterocycles. The minimum absolute atomic E-state index is 0.0748. The summed E-state index contributed by atoms with van der Waals surface area (Å²) in [4.78, 5) is 14.4. The first kappa shape index (κ1) is 11.9. The lowest BCUT2D eigenvalue weighted by atomic mass is 9.99. The van der Waals surface area contributed by atoms with Crippen molar-refractivity contribution in [3.8, 4) is 0 Å². The van der Waals surface area contributed by atoms with Crippen molar-refractivity contribution in [2.75, 3.05) is 19.6 Å². The van der Waals surface area contributed by atoms with Crippen LogP contribution in [-0.2, 0) is 4.79 Å². The summed E-state index contributed by atoms with van der Waals surface area (Å²) in [6.07, 6.45) is 2.21. The molecule has 16 heavy (non-hydrogen) atoms. The van der Waals surface area contributed by atoms with Crippen molar-refractivity contribution in [1.82, 2.24) is 10.2 Å². The van der Waals surface area contributed by atoms with Crippen molar-refractivity contribution in [3.05, 3.63) is 0 Å².